The third-order valence-corrected chi connectivity index (χ3v) is 4.34. The number of nitrogens with zero attached hydrogens (tertiary/aromatic N) is 2. The Hall–Kier alpha value is -2.33. The van der Waals surface area contributed by atoms with Gasteiger partial charge in [-0.15, -0.1) is 0 Å². The molecule has 0 saturated carbocycles. The largest absolute Gasteiger partial charge is 0.326 e. The van der Waals surface area contributed by atoms with Gasteiger partial charge in [-0.25, -0.2) is 4.99 Å². The van der Waals surface area contributed by atoms with E-state index in [-0.39, 0.29) is 11.9 Å². The number of amides is 1. The van der Waals surface area contributed by atoms with Crippen LogP contribution in [0.4, 0.5) is 5.69 Å². The predicted octanol–water partition coefficient (Wildman–Crippen LogP) is 2.88. The molecule has 1 atom stereocenters. The van der Waals surface area contributed by atoms with E-state index in [9.17, 15) is 4.79 Å². The van der Waals surface area contributed by atoms with Crippen molar-refractivity contribution in [2.75, 3.05) is 0 Å². The topological polar surface area (TPSA) is 44.7 Å². The van der Waals surface area contributed by atoms with Gasteiger partial charge in [-0.1, -0.05) is 41.9 Å². The van der Waals surface area contributed by atoms with E-state index in [4.69, 9.17) is 11.6 Å². The van der Waals surface area contributed by atoms with Crippen LogP contribution in [-0.4, -0.2) is 22.8 Å². The minimum Gasteiger partial charge on any atom is -0.326 e. The maximum absolute atomic E-state index is 12.2. The Morgan fingerprint density at radius 1 is 1.14 bits per heavy atom. The number of guanidine groups is 1. The number of benzene rings is 2. The first-order valence-corrected chi connectivity index (χ1v) is 7.57. The third kappa shape index (κ3) is 2.25. The van der Waals surface area contributed by atoms with Crippen molar-refractivity contribution in [3.63, 3.8) is 0 Å². The Bertz CT molecular complexity index is 787. The Morgan fingerprint density at radius 3 is 2.77 bits per heavy atom. The summed E-state index contributed by atoms with van der Waals surface area (Å²) in [7, 11) is 0. The van der Waals surface area contributed by atoms with E-state index < -0.39 is 0 Å². The van der Waals surface area contributed by atoms with Crippen molar-refractivity contribution in [1.29, 1.82) is 0 Å². The highest BCUT2D eigenvalue weighted by molar-refractivity contribution is 6.30. The van der Waals surface area contributed by atoms with Crippen molar-refractivity contribution in [3.8, 4) is 0 Å². The van der Waals surface area contributed by atoms with Crippen LogP contribution in [0, 0.1) is 0 Å². The SMILES string of the molecule is O=C1NC(=Nc2cccc(Cl)c2)N2Cc3ccccc3C[C@@H]12. The van der Waals surface area contributed by atoms with Crippen molar-refractivity contribution in [3.05, 3.63) is 64.7 Å². The highest BCUT2D eigenvalue weighted by atomic mass is 35.5. The van der Waals surface area contributed by atoms with Gasteiger partial charge >= 0.3 is 0 Å². The van der Waals surface area contributed by atoms with Gasteiger partial charge < -0.3 is 4.90 Å². The molecule has 4 nitrogen and oxygen atoms in total. The normalized spacial score (nSPS) is 21.5. The minimum atomic E-state index is -0.173. The molecule has 2 heterocycles. The summed E-state index contributed by atoms with van der Waals surface area (Å²) in [6.45, 7) is 0.693. The summed E-state index contributed by atoms with van der Waals surface area (Å²) >= 11 is 5.99. The molecule has 2 aliphatic rings. The summed E-state index contributed by atoms with van der Waals surface area (Å²) in [6.07, 6.45) is 0.719. The van der Waals surface area contributed by atoms with Crippen LogP contribution in [0.15, 0.2) is 53.5 Å². The van der Waals surface area contributed by atoms with Crippen molar-refractivity contribution in [2.24, 2.45) is 4.99 Å². The highest BCUT2D eigenvalue weighted by Crippen LogP contribution is 2.27. The molecule has 1 amide bonds. The molecule has 0 aromatic heterocycles. The minimum absolute atomic E-state index is 0.00952. The van der Waals surface area contributed by atoms with Crippen LogP contribution in [0.2, 0.25) is 5.02 Å². The standard InChI is InChI=1S/C17H14ClN3O/c18-13-6-3-7-14(9-13)19-17-20-16(22)15-8-11-4-1-2-5-12(11)10-21(15)17/h1-7,9,15H,8,10H2,(H,19,20,22)/t15-/m0/s1. The molecule has 0 aliphatic carbocycles. The molecule has 2 aliphatic heterocycles. The van der Waals surface area contributed by atoms with E-state index in [1.807, 2.05) is 29.2 Å². The number of hydrogen-bond acceptors (Lipinski definition) is 2. The lowest BCUT2D eigenvalue weighted by atomic mass is 9.95. The monoisotopic (exact) mass is 311 g/mol. The molecule has 1 N–H and O–H groups in total. The van der Waals surface area contributed by atoms with Gasteiger partial charge in [0.25, 0.3) is 0 Å². The summed E-state index contributed by atoms with van der Waals surface area (Å²) in [4.78, 5) is 18.8. The van der Waals surface area contributed by atoms with Crippen molar-refractivity contribution in [1.82, 2.24) is 10.2 Å². The molecule has 1 saturated heterocycles. The zero-order chi connectivity index (χ0) is 15.1. The second-order valence-corrected chi connectivity index (χ2v) is 5.96. The zero-order valence-electron chi connectivity index (χ0n) is 11.8. The molecule has 22 heavy (non-hydrogen) atoms. The van der Waals surface area contributed by atoms with Crippen LogP contribution in [0.25, 0.3) is 0 Å². The first-order chi connectivity index (χ1) is 10.7. The van der Waals surface area contributed by atoms with Gasteiger partial charge in [0.2, 0.25) is 11.9 Å². The van der Waals surface area contributed by atoms with E-state index in [1.54, 1.807) is 12.1 Å². The molecule has 0 spiro atoms. The van der Waals surface area contributed by atoms with Gasteiger partial charge in [0.05, 0.1) is 5.69 Å². The number of carbonyl (C=O) groups excluding carboxylic acids is 1. The average molecular weight is 312 g/mol. The molecule has 0 radical (unpaired) electrons. The summed E-state index contributed by atoms with van der Waals surface area (Å²) < 4.78 is 0. The van der Waals surface area contributed by atoms with Gasteiger partial charge in [-0.05, 0) is 29.3 Å². The van der Waals surface area contributed by atoms with Crippen LogP contribution >= 0.6 is 11.6 Å². The summed E-state index contributed by atoms with van der Waals surface area (Å²) in [5.74, 6) is 0.613. The lowest BCUT2D eigenvalue weighted by Crippen LogP contribution is -2.40. The Labute approximate surface area is 133 Å². The molecule has 5 heteroatoms. The lowest BCUT2D eigenvalue weighted by molar-refractivity contribution is -0.121. The predicted molar refractivity (Wildman–Crippen MR) is 86.2 cm³/mol. The van der Waals surface area contributed by atoms with Crippen LogP contribution < -0.4 is 5.32 Å². The van der Waals surface area contributed by atoms with Gasteiger partial charge in [-0.2, -0.15) is 0 Å². The second kappa shape index (κ2) is 5.14. The molecule has 4 rings (SSSR count). The lowest BCUT2D eigenvalue weighted by Gasteiger charge is -2.30. The smallest absolute Gasteiger partial charge is 0.249 e. The van der Waals surface area contributed by atoms with E-state index in [0.717, 1.165) is 12.1 Å². The van der Waals surface area contributed by atoms with Gasteiger partial charge in [0.15, 0.2) is 0 Å². The van der Waals surface area contributed by atoms with Crippen LogP contribution in [0.5, 0.6) is 0 Å². The van der Waals surface area contributed by atoms with Crippen molar-refractivity contribution < 1.29 is 4.79 Å². The van der Waals surface area contributed by atoms with Gasteiger partial charge in [0, 0.05) is 18.0 Å². The van der Waals surface area contributed by atoms with Crippen molar-refractivity contribution in [2.45, 2.75) is 19.0 Å². The summed E-state index contributed by atoms with van der Waals surface area (Å²) in [6, 6.07) is 15.4. The molecule has 0 bridgehead atoms. The fourth-order valence-corrected chi connectivity index (χ4v) is 3.19. The number of nitrogens with one attached hydrogen (secondary N) is 1. The molecule has 2 aromatic carbocycles. The van der Waals surface area contributed by atoms with Gasteiger partial charge in [-0.3, -0.25) is 10.1 Å². The highest BCUT2D eigenvalue weighted by Gasteiger charge is 2.39. The fourth-order valence-electron chi connectivity index (χ4n) is 3.01. The maximum atomic E-state index is 12.2. The number of carbonyl (C=O) groups is 1. The molecule has 2 aromatic rings. The maximum Gasteiger partial charge on any atom is 0.249 e. The van der Waals surface area contributed by atoms with E-state index >= 15 is 0 Å². The Kier molecular flexibility index (Phi) is 3.12. The third-order valence-electron chi connectivity index (χ3n) is 4.10. The number of aliphatic imine (C=N–C) groups is 1. The molecular weight excluding hydrogens is 298 g/mol. The quantitative estimate of drug-likeness (QED) is 0.880. The van der Waals surface area contributed by atoms with Gasteiger partial charge in [0.1, 0.15) is 6.04 Å². The van der Waals surface area contributed by atoms with E-state index in [0.29, 0.717) is 17.5 Å². The van der Waals surface area contributed by atoms with Crippen LogP contribution in [-0.2, 0) is 17.8 Å². The Morgan fingerprint density at radius 2 is 1.95 bits per heavy atom. The number of hydrogen-bond donors (Lipinski definition) is 1. The van der Waals surface area contributed by atoms with E-state index in [2.05, 4.69) is 22.4 Å². The fraction of sp³-hybridized carbons (Fsp3) is 0.176. The summed E-state index contributed by atoms with van der Waals surface area (Å²) in [5, 5.41) is 3.52. The molecule has 110 valence electrons. The van der Waals surface area contributed by atoms with Crippen molar-refractivity contribution >= 4 is 29.2 Å². The first kappa shape index (κ1) is 13.3. The van der Waals surface area contributed by atoms with Crippen LogP contribution in [0.3, 0.4) is 0 Å². The zero-order valence-corrected chi connectivity index (χ0v) is 12.5. The summed E-state index contributed by atoms with van der Waals surface area (Å²) in [5.41, 5.74) is 3.22. The second-order valence-electron chi connectivity index (χ2n) is 5.52. The molecule has 1 fully saturated rings. The Balaban J connectivity index is 1.70. The average Bonchev–Trinajstić information content (AvgIpc) is 2.81. The molecular formula is C17H14ClN3O. The number of rotatable bonds is 1. The molecule has 0 unspecified atom stereocenters. The van der Waals surface area contributed by atoms with Crippen LogP contribution in [0.1, 0.15) is 11.1 Å². The number of halogens is 1. The van der Waals surface area contributed by atoms with E-state index in [1.165, 1.54) is 11.1 Å². The first-order valence-electron chi connectivity index (χ1n) is 7.19. The number of fused-ring (bicyclic) bond motifs is 2.